The van der Waals surface area contributed by atoms with Crippen molar-refractivity contribution in [3.05, 3.63) is 60.8 Å². The predicted octanol–water partition coefficient (Wildman–Crippen LogP) is 15.6. The normalized spacial score (nSPS) is 13.9. The zero-order valence-electron chi connectivity index (χ0n) is 42.0. The molecule has 0 bridgehead atoms. The van der Waals surface area contributed by atoms with Crippen LogP contribution in [0.15, 0.2) is 60.8 Å². The number of quaternary nitrogens is 1. The van der Waals surface area contributed by atoms with E-state index in [1.807, 2.05) is 21.1 Å². The quantitative estimate of drug-likeness (QED) is 0.0211. The fraction of sp³-hybridized carbons (Fsp3) is 0.778. The first-order valence-electron chi connectivity index (χ1n) is 26.0. The minimum Gasteiger partial charge on any atom is -0.462 e. The van der Waals surface area contributed by atoms with Crippen LogP contribution < -0.4 is 0 Å². The van der Waals surface area contributed by atoms with Gasteiger partial charge in [0.05, 0.1) is 27.7 Å². The number of allylic oxidation sites excluding steroid dienone is 10. The topological polar surface area (TPSA) is 108 Å². The lowest BCUT2D eigenvalue weighted by molar-refractivity contribution is -0.870. The van der Waals surface area contributed by atoms with E-state index in [0.717, 1.165) is 70.6 Å². The van der Waals surface area contributed by atoms with Gasteiger partial charge in [-0.2, -0.15) is 0 Å². The molecule has 0 aromatic heterocycles. The van der Waals surface area contributed by atoms with Gasteiger partial charge in [0.25, 0.3) is 0 Å². The average molecular weight is 921 g/mol. The third-order valence-corrected chi connectivity index (χ3v) is 12.0. The molecule has 0 saturated heterocycles. The molecule has 372 valence electrons. The van der Waals surface area contributed by atoms with E-state index in [1.165, 1.54) is 116 Å². The van der Waals surface area contributed by atoms with Crippen LogP contribution in [-0.4, -0.2) is 74.9 Å². The molecule has 0 spiro atoms. The maximum atomic E-state index is 12.7. The smallest absolute Gasteiger partial charge is 0.462 e. The molecule has 0 aromatic carbocycles. The molecule has 0 aromatic rings. The second-order valence-electron chi connectivity index (χ2n) is 18.5. The largest absolute Gasteiger partial charge is 0.472 e. The molecule has 1 N–H and O–H groups in total. The molecule has 0 aliphatic carbocycles. The van der Waals surface area contributed by atoms with Crippen LogP contribution in [0.4, 0.5) is 0 Å². The van der Waals surface area contributed by atoms with Crippen molar-refractivity contribution >= 4 is 19.8 Å². The van der Waals surface area contributed by atoms with E-state index in [-0.39, 0.29) is 32.0 Å². The van der Waals surface area contributed by atoms with Gasteiger partial charge in [0.15, 0.2) is 6.10 Å². The number of likely N-dealkylation sites (N-methyl/N-ethyl adjacent to an activating group) is 1. The molecular weight excluding hydrogens is 822 g/mol. The second-order valence-corrected chi connectivity index (χ2v) is 20.0. The highest BCUT2D eigenvalue weighted by Crippen LogP contribution is 2.43. The lowest BCUT2D eigenvalue weighted by Gasteiger charge is -2.24. The number of hydrogen-bond donors (Lipinski definition) is 1. The van der Waals surface area contributed by atoms with Gasteiger partial charge in [-0.25, -0.2) is 4.57 Å². The Labute approximate surface area is 394 Å². The molecular formula is C54H99NO8P+. The van der Waals surface area contributed by atoms with Crippen molar-refractivity contribution in [2.45, 2.75) is 225 Å². The van der Waals surface area contributed by atoms with E-state index in [9.17, 15) is 19.0 Å². The Balaban J connectivity index is 4.23. The summed E-state index contributed by atoms with van der Waals surface area (Å²) in [5.74, 6) is -0.810. The van der Waals surface area contributed by atoms with Gasteiger partial charge in [0.2, 0.25) is 0 Å². The number of esters is 2. The summed E-state index contributed by atoms with van der Waals surface area (Å²) in [6, 6.07) is 0. The van der Waals surface area contributed by atoms with E-state index < -0.39 is 26.5 Å². The molecule has 9 nitrogen and oxygen atoms in total. The monoisotopic (exact) mass is 921 g/mol. The van der Waals surface area contributed by atoms with E-state index in [2.05, 4.69) is 74.6 Å². The number of hydrogen-bond acceptors (Lipinski definition) is 7. The highest BCUT2D eigenvalue weighted by Gasteiger charge is 2.27. The summed E-state index contributed by atoms with van der Waals surface area (Å²) in [4.78, 5) is 35.6. The number of rotatable bonds is 47. The fourth-order valence-electron chi connectivity index (χ4n) is 7.00. The fourth-order valence-corrected chi connectivity index (χ4v) is 7.74. The van der Waals surface area contributed by atoms with Crippen LogP contribution in [0.2, 0.25) is 0 Å². The molecule has 0 amide bonds. The Kier molecular flexibility index (Phi) is 44.2. The maximum Gasteiger partial charge on any atom is 0.472 e. The summed E-state index contributed by atoms with van der Waals surface area (Å²) in [6.45, 7) is 4.30. The van der Waals surface area contributed by atoms with Crippen LogP contribution in [0.1, 0.15) is 219 Å². The van der Waals surface area contributed by atoms with Crippen molar-refractivity contribution in [2.24, 2.45) is 0 Å². The summed E-state index contributed by atoms with van der Waals surface area (Å²) in [5.41, 5.74) is 0. The van der Waals surface area contributed by atoms with Crippen LogP contribution in [-0.2, 0) is 32.7 Å². The highest BCUT2D eigenvalue weighted by molar-refractivity contribution is 7.47. The van der Waals surface area contributed by atoms with Gasteiger partial charge in [-0.3, -0.25) is 18.6 Å². The van der Waals surface area contributed by atoms with Crippen molar-refractivity contribution < 1.29 is 42.1 Å². The summed E-state index contributed by atoms with van der Waals surface area (Å²) < 4.78 is 34.5. The molecule has 64 heavy (non-hydrogen) atoms. The molecule has 0 heterocycles. The maximum absolute atomic E-state index is 12.7. The number of unbranched alkanes of at least 4 members (excludes halogenated alkanes) is 23. The third-order valence-electron chi connectivity index (χ3n) is 11.0. The van der Waals surface area contributed by atoms with Gasteiger partial charge in [-0.15, -0.1) is 0 Å². The Morgan fingerprint density at radius 3 is 1.33 bits per heavy atom. The zero-order valence-corrected chi connectivity index (χ0v) is 42.9. The molecule has 10 heteroatoms. The van der Waals surface area contributed by atoms with E-state index in [1.54, 1.807) is 0 Å². The lowest BCUT2D eigenvalue weighted by Crippen LogP contribution is -2.37. The van der Waals surface area contributed by atoms with Crippen LogP contribution >= 0.6 is 7.82 Å². The van der Waals surface area contributed by atoms with Crippen LogP contribution in [0.3, 0.4) is 0 Å². The van der Waals surface area contributed by atoms with Crippen molar-refractivity contribution in [3.8, 4) is 0 Å². The third kappa shape index (κ3) is 49.2. The summed E-state index contributed by atoms with van der Waals surface area (Å²) in [5, 5.41) is 0. The number of carbonyl (C=O) groups is 2. The second kappa shape index (κ2) is 45.8. The molecule has 2 atom stereocenters. The minimum atomic E-state index is -4.39. The first-order chi connectivity index (χ1) is 31.0. The van der Waals surface area contributed by atoms with Gasteiger partial charge in [-0.05, 0) is 77.0 Å². The van der Waals surface area contributed by atoms with E-state index >= 15 is 0 Å². The van der Waals surface area contributed by atoms with Crippen molar-refractivity contribution in [1.82, 2.24) is 0 Å². The summed E-state index contributed by atoms with van der Waals surface area (Å²) in [7, 11) is 1.46. The van der Waals surface area contributed by atoms with Gasteiger partial charge in [0, 0.05) is 12.8 Å². The molecule has 0 rings (SSSR count). The number of carbonyl (C=O) groups excluding carboxylic acids is 2. The molecule has 0 aliphatic heterocycles. The van der Waals surface area contributed by atoms with E-state index in [4.69, 9.17) is 18.5 Å². The highest BCUT2D eigenvalue weighted by atomic mass is 31.2. The number of phosphoric acid groups is 1. The number of phosphoric ester groups is 1. The minimum absolute atomic E-state index is 0.0273. The Morgan fingerprint density at radius 1 is 0.500 bits per heavy atom. The predicted molar refractivity (Wildman–Crippen MR) is 270 cm³/mol. The van der Waals surface area contributed by atoms with Crippen molar-refractivity contribution in [3.63, 3.8) is 0 Å². The van der Waals surface area contributed by atoms with Gasteiger partial charge in [-0.1, -0.05) is 190 Å². The zero-order chi connectivity index (χ0) is 47.1. The van der Waals surface area contributed by atoms with Crippen LogP contribution in [0.25, 0.3) is 0 Å². The molecule has 2 unspecified atom stereocenters. The summed E-state index contributed by atoms with van der Waals surface area (Å²) >= 11 is 0. The molecule has 0 saturated carbocycles. The Morgan fingerprint density at radius 2 is 0.891 bits per heavy atom. The molecule has 0 aliphatic rings. The first kappa shape index (κ1) is 61.7. The average Bonchev–Trinajstić information content (AvgIpc) is 3.25. The Hall–Kier alpha value is -2.29. The van der Waals surface area contributed by atoms with Crippen molar-refractivity contribution in [1.29, 1.82) is 0 Å². The lowest BCUT2D eigenvalue weighted by atomic mass is 10.0. The molecule has 0 fully saturated rings. The first-order valence-corrected chi connectivity index (χ1v) is 27.5. The van der Waals surface area contributed by atoms with Gasteiger partial charge >= 0.3 is 19.8 Å². The van der Waals surface area contributed by atoms with Crippen LogP contribution in [0.5, 0.6) is 0 Å². The van der Waals surface area contributed by atoms with Crippen molar-refractivity contribution in [2.75, 3.05) is 47.5 Å². The standard InChI is InChI=1S/C54H98NO8P/c1-6-8-10-12-14-16-18-20-22-24-25-26-27-28-29-31-32-34-36-38-40-42-44-46-53(56)60-50-52(51-62-64(58,59)61-49-48-55(3,4)5)63-54(57)47-45-43-41-39-37-35-33-30-23-21-19-17-15-13-11-9-7-2/h9,11,15,17-18,20-21,23-25,52H,6-8,10,12-14,16,19,22,26-51H2,1-5H3/p+1/b11-9-,17-15-,20-18-,23-21-,25-24-. The van der Waals surface area contributed by atoms with Crippen LogP contribution in [0, 0.1) is 0 Å². The van der Waals surface area contributed by atoms with Gasteiger partial charge < -0.3 is 18.9 Å². The SMILES string of the molecule is CC/C=C\C/C=C\C/C=C\CCCCCCCCCC(=O)OC(COC(=O)CCCCCCCCCCCCC/C=C\C/C=C\CCCCCCC)COP(=O)(O)OCC[N+](C)(C)C. The number of ether oxygens (including phenoxy) is 2. The number of nitrogens with zero attached hydrogens (tertiary/aromatic N) is 1. The van der Waals surface area contributed by atoms with Gasteiger partial charge in [0.1, 0.15) is 19.8 Å². The summed E-state index contributed by atoms with van der Waals surface area (Å²) in [6.07, 6.45) is 57.0. The molecule has 0 radical (unpaired) electrons. The van der Waals surface area contributed by atoms with E-state index in [0.29, 0.717) is 17.4 Å². The Bertz CT molecular complexity index is 1270.